The number of anilines is 1. The fraction of sp³-hybridized carbons (Fsp3) is 0.269. The zero-order valence-corrected chi connectivity index (χ0v) is 22.6. The van der Waals surface area contributed by atoms with Crippen LogP contribution in [-0.4, -0.2) is 74.3 Å². The van der Waals surface area contributed by atoms with E-state index in [0.717, 1.165) is 10.9 Å². The lowest BCUT2D eigenvalue weighted by Gasteiger charge is -2.27. The van der Waals surface area contributed by atoms with Gasteiger partial charge < -0.3 is 24.8 Å². The third kappa shape index (κ3) is 5.74. The molecule has 0 spiro atoms. The second kappa shape index (κ2) is 11.2. The van der Waals surface area contributed by atoms with Crippen molar-refractivity contribution in [3.63, 3.8) is 0 Å². The number of piperazine rings is 1. The van der Waals surface area contributed by atoms with Crippen LogP contribution in [0.2, 0.25) is 5.02 Å². The number of aromatic nitrogens is 5. The van der Waals surface area contributed by atoms with Gasteiger partial charge in [-0.25, -0.2) is 14.6 Å². The topological polar surface area (TPSA) is 119 Å². The van der Waals surface area contributed by atoms with Gasteiger partial charge in [-0.1, -0.05) is 11.6 Å². The number of rotatable bonds is 6. The van der Waals surface area contributed by atoms with Crippen LogP contribution in [0.5, 0.6) is 5.75 Å². The van der Waals surface area contributed by atoms with E-state index in [4.69, 9.17) is 16.3 Å². The lowest BCUT2D eigenvalue weighted by Crippen LogP contribution is -2.46. The van der Waals surface area contributed by atoms with Crippen molar-refractivity contribution in [1.82, 2.24) is 34.5 Å². The van der Waals surface area contributed by atoms with Crippen LogP contribution in [0, 0.1) is 0 Å². The second-order valence-corrected chi connectivity index (χ2v) is 9.51. The second-order valence-electron chi connectivity index (χ2n) is 9.11. The van der Waals surface area contributed by atoms with Gasteiger partial charge in [-0.3, -0.25) is 9.59 Å². The molecule has 0 atom stereocenters. The van der Waals surface area contributed by atoms with Crippen LogP contribution in [0.25, 0.3) is 17.1 Å². The Morgan fingerprint density at radius 2 is 1.85 bits per heavy atom. The molecule has 3 aromatic heterocycles. The van der Waals surface area contributed by atoms with Gasteiger partial charge in [-0.2, -0.15) is 18.3 Å². The first-order valence-corrected chi connectivity index (χ1v) is 12.7. The Bertz CT molecular complexity index is 1590. The number of nitrogens with one attached hydrogen (secondary N) is 2. The number of amides is 2. The number of imidazole rings is 1. The predicted octanol–water partition coefficient (Wildman–Crippen LogP) is 3.65. The fourth-order valence-corrected chi connectivity index (χ4v) is 4.64. The Hall–Kier alpha value is -4.43. The first-order valence-electron chi connectivity index (χ1n) is 12.4. The highest BCUT2D eigenvalue weighted by molar-refractivity contribution is 6.34. The summed E-state index contributed by atoms with van der Waals surface area (Å²) in [5.41, 5.74) is -0.855. The average molecular weight is 589 g/mol. The molecular weight excluding hydrogens is 565 g/mol. The molecule has 1 aliphatic rings. The number of hydrogen-bond acceptors (Lipinski definition) is 7. The van der Waals surface area contributed by atoms with Crippen LogP contribution >= 0.6 is 11.6 Å². The maximum atomic E-state index is 13.9. The van der Waals surface area contributed by atoms with E-state index in [1.807, 2.05) is 0 Å². The van der Waals surface area contributed by atoms with E-state index >= 15 is 0 Å². The van der Waals surface area contributed by atoms with E-state index in [2.05, 4.69) is 25.7 Å². The highest BCUT2D eigenvalue weighted by Gasteiger charge is 2.39. The van der Waals surface area contributed by atoms with Gasteiger partial charge in [0.05, 0.1) is 41.3 Å². The summed E-state index contributed by atoms with van der Waals surface area (Å²) < 4.78 is 49.1. The van der Waals surface area contributed by atoms with Crippen molar-refractivity contribution in [3.8, 4) is 22.8 Å². The Labute approximate surface area is 236 Å². The Morgan fingerprint density at radius 3 is 2.49 bits per heavy atom. The van der Waals surface area contributed by atoms with Crippen LogP contribution in [0.4, 0.5) is 18.9 Å². The molecule has 0 saturated carbocycles. The van der Waals surface area contributed by atoms with Crippen LogP contribution in [0.15, 0.2) is 48.9 Å². The summed E-state index contributed by atoms with van der Waals surface area (Å²) in [6.07, 6.45) is -1.10. The summed E-state index contributed by atoms with van der Waals surface area (Å²) in [5.74, 6) is -0.483. The van der Waals surface area contributed by atoms with E-state index in [0.29, 0.717) is 37.5 Å². The monoisotopic (exact) mass is 588 g/mol. The van der Waals surface area contributed by atoms with Gasteiger partial charge in [0.25, 0.3) is 11.8 Å². The van der Waals surface area contributed by atoms with Crippen molar-refractivity contribution in [2.24, 2.45) is 7.05 Å². The van der Waals surface area contributed by atoms with E-state index < -0.39 is 17.8 Å². The third-order valence-corrected chi connectivity index (χ3v) is 6.82. The molecule has 41 heavy (non-hydrogen) atoms. The molecule has 0 radical (unpaired) electrons. The van der Waals surface area contributed by atoms with Crippen molar-refractivity contribution in [2.75, 3.05) is 38.6 Å². The maximum Gasteiger partial charge on any atom is 0.435 e. The normalized spacial score (nSPS) is 13.8. The number of hydrogen-bond donors (Lipinski definition) is 2. The quantitative estimate of drug-likeness (QED) is 0.353. The third-order valence-electron chi connectivity index (χ3n) is 6.50. The minimum absolute atomic E-state index is 0.0113. The zero-order valence-electron chi connectivity index (χ0n) is 21.9. The molecule has 11 nitrogen and oxygen atoms in total. The number of carbonyl (C=O) groups excluding carboxylic acids is 2. The van der Waals surface area contributed by atoms with E-state index in [1.165, 1.54) is 55.4 Å². The van der Waals surface area contributed by atoms with Crippen LogP contribution < -0.4 is 15.4 Å². The molecule has 4 aromatic rings. The van der Waals surface area contributed by atoms with Gasteiger partial charge in [0.2, 0.25) is 0 Å². The molecule has 2 amide bonds. The van der Waals surface area contributed by atoms with Crippen LogP contribution in [0.1, 0.15) is 26.7 Å². The molecule has 214 valence electrons. The molecular formula is C26H24ClF3N8O3. The standard InChI is InChI=1S/C26H24ClF3N8O3/c1-36-20(18-14-38(35-22(18)26(28,29)30)21-6-4-16(41-2)12-32-21)13-33-23(36)24(39)34-15-3-5-17(19(27)11-15)25(40)37-9-7-31-8-10-37/h3-6,11-14,31H,7-10H2,1-2H3,(H,34,39). The van der Waals surface area contributed by atoms with Crippen molar-refractivity contribution in [1.29, 1.82) is 0 Å². The Balaban J connectivity index is 1.39. The van der Waals surface area contributed by atoms with Gasteiger partial charge in [-0.15, -0.1) is 0 Å². The number of pyridine rings is 1. The van der Waals surface area contributed by atoms with Gasteiger partial charge in [0.15, 0.2) is 17.3 Å². The van der Waals surface area contributed by atoms with E-state index in [9.17, 15) is 22.8 Å². The summed E-state index contributed by atoms with van der Waals surface area (Å²) >= 11 is 6.36. The highest BCUT2D eigenvalue weighted by atomic mass is 35.5. The molecule has 1 aromatic carbocycles. The van der Waals surface area contributed by atoms with Crippen LogP contribution in [-0.2, 0) is 13.2 Å². The van der Waals surface area contributed by atoms with Gasteiger partial charge in [0.1, 0.15) is 5.75 Å². The summed E-state index contributed by atoms with van der Waals surface area (Å²) in [5, 5.41) is 9.67. The number of halogens is 4. The zero-order chi connectivity index (χ0) is 29.3. The van der Waals surface area contributed by atoms with Crippen molar-refractivity contribution >= 4 is 29.1 Å². The number of benzene rings is 1. The maximum absolute atomic E-state index is 13.9. The SMILES string of the molecule is COc1ccc(-n2cc(-c3cnc(C(=O)Nc4ccc(C(=O)N5CCNCC5)c(Cl)c4)n3C)c(C(F)(F)F)n2)nc1. The molecule has 2 N–H and O–H groups in total. The summed E-state index contributed by atoms with van der Waals surface area (Å²) in [6, 6.07) is 7.49. The molecule has 5 rings (SSSR count). The number of methoxy groups -OCH3 is 1. The largest absolute Gasteiger partial charge is 0.495 e. The smallest absolute Gasteiger partial charge is 0.435 e. The molecule has 1 fully saturated rings. The van der Waals surface area contributed by atoms with Crippen molar-refractivity contribution in [3.05, 3.63) is 71.0 Å². The summed E-state index contributed by atoms with van der Waals surface area (Å²) in [6.45, 7) is 2.49. The van der Waals surface area contributed by atoms with Gasteiger partial charge in [0, 0.05) is 45.1 Å². The lowest BCUT2D eigenvalue weighted by atomic mass is 10.1. The first-order chi connectivity index (χ1) is 19.6. The van der Waals surface area contributed by atoms with Crippen molar-refractivity contribution < 1.29 is 27.5 Å². The molecule has 4 heterocycles. The molecule has 0 bridgehead atoms. The molecule has 1 saturated heterocycles. The van der Waals surface area contributed by atoms with Gasteiger partial charge >= 0.3 is 6.18 Å². The molecule has 0 aliphatic carbocycles. The molecule has 0 unspecified atom stereocenters. The number of nitrogens with zero attached hydrogens (tertiary/aromatic N) is 6. The Morgan fingerprint density at radius 1 is 1.10 bits per heavy atom. The minimum atomic E-state index is -4.79. The summed E-state index contributed by atoms with van der Waals surface area (Å²) in [7, 11) is 2.86. The average Bonchev–Trinajstić information content (AvgIpc) is 3.57. The predicted molar refractivity (Wildman–Crippen MR) is 143 cm³/mol. The highest BCUT2D eigenvalue weighted by Crippen LogP contribution is 2.37. The fourth-order valence-electron chi connectivity index (χ4n) is 4.38. The number of carbonyl (C=O) groups is 2. The minimum Gasteiger partial charge on any atom is -0.495 e. The van der Waals surface area contributed by atoms with E-state index in [-0.39, 0.29) is 39.5 Å². The molecule has 15 heteroatoms. The number of alkyl halides is 3. The number of ether oxygens (including phenoxy) is 1. The first kappa shape index (κ1) is 28.1. The lowest BCUT2D eigenvalue weighted by molar-refractivity contribution is -0.140. The van der Waals surface area contributed by atoms with Crippen molar-refractivity contribution in [2.45, 2.75) is 6.18 Å². The Kier molecular flexibility index (Phi) is 7.69. The summed E-state index contributed by atoms with van der Waals surface area (Å²) in [4.78, 5) is 35.7. The van der Waals surface area contributed by atoms with Gasteiger partial charge in [-0.05, 0) is 30.3 Å². The molecule has 1 aliphatic heterocycles. The van der Waals surface area contributed by atoms with Crippen LogP contribution in [0.3, 0.4) is 0 Å². The van der Waals surface area contributed by atoms with E-state index in [1.54, 1.807) is 11.0 Å².